The van der Waals surface area contributed by atoms with Crippen LogP contribution in [0.25, 0.3) is 5.65 Å². The Morgan fingerprint density at radius 3 is 2.85 bits per heavy atom. The van der Waals surface area contributed by atoms with Gasteiger partial charge in [-0.15, -0.1) is 0 Å². The fourth-order valence-electron chi connectivity index (χ4n) is 5.66. The molecule has 1 amide bonds. The van der Waals surface area contributed by atoms with Crippen LogP contribution in [0.1, 0.15) is 23.2 Å². The molecule has 3 N–H and O–H groups in total. The van der Waals surface area contributed by atoms with Crippen molar-refractivity contribution < 1.29 is 18.3 Å². The van der Waals surface area contributed by atoms with E-state index in [2.05, 4.69) is 26.0 Å². The smallest absolute Gasteiger partial charge is 0.274 e. The average molecular weight is 469 g/mol. The third-order valence-electron chi connectivity index (χ3n) is 7.76. The molecule has 5 atom stereocenters. The van der Waals surface area contributed by atoms with E-state index >= 15 is 0 Å². The Morgan fingerprint density at radius 1 is 1.35 bits per heavy atom. The van der Waals surface area contributed by atoms with Gasteiger partial charge in [0.05, 0.1) is 30.5 Å². The number of nitrogens with zero attached hydrogens (tertiary/aromatic N) is 4. The minimum atomic E-state index is -2.91. The lowest BCUT2D eigenvalue weighted by Crippen LogP contribution is -2.55. The third-order valence-corrected chi connectivity index (χ3v) is 7.76. The van der Waals surface area contributed by atoms with Gasteiger partial charge in [-0.25, -0.2) is 13.8 Å². The zero-order valence-electron chi connectivity index (χ0n) is 18.1. The first-order chi connectivity index (χ1) is 16.4. The number of fused-ring (bicyclic) bond motifs is 2. The highest BCUT2D eigenvalue weighted by Crippen LogP contribution is 2.82. The van der Waals surface area contributed by atoms with Crippen molar-refractivity contribution in [2.75, 3.05) is 24.3 Å². The van der Waals surface area contributed by atoms with E-state index in [4.69, 9.17) is 4.74 Å². The molecule has 2 aliphatic heterocycles. The molecule has 3 saturated carbocycles. The molecule has 12 heteroatoms. The first kappa shape index (κ1) is 19.9. The number of ether oxygens (including phenoxy) is 1. The largest absolute Gasteiger partial charge is 0.375 e. The van der Waals surface area contributed by atoms with Gasteiger partial charge in [-0.1, -0.05) is 0 Å². The summed E-state index contributed by atoms with van der Waals surface area (Å²) in [5.74, 6) is -1.92. The van der Waals surface area contributed by atoms with E-state index in [9.17, 15) is 18.4 Å². The van der Waals surface area contributed by atoms with Gasteiger partial charge in [0.15, 0.2) is 5.65 Å². The van der Waals surface area contributed by atoms with Gasteiger partial charge in [0.25, 0.3) is 17.4 Å². The number of carbonyl (C=O) groups is 1. The van der Waals surface area contributed by atoms with Crippen LogP contribution in [0.2, 0.25) is 0 Å². The van der Waals surface area contributed by atoms with Gasteiger partial charge < -0.3 is 25.3 Å². The molecule has 0 spiro atoms. The highest BCUT2D eigenvalue weighted by molar-refractivity contribution is 6.00. The van der Waals surface area contributed by atoms with Crippen molar-refractivity contribution in [3.8, 4) is 0 Å². The highest BCUT2D eigenvalue weighted by Gasteiger charge is 2.93. The molecular weight excluding hydrogens is 448 g/mol. The maximum Gasteiger partial charge on any atom is 0.274 e. The van der Waals surface area contributed by atoms with Gasteiger partial charge in [-0.2, -0.15) is 9.61 Å². The van der Waals surface area contributed by atoms with Crippen molar-refractivity contribution in [3.05, 3.63) is 46.5 Å². The molecule has 3 unspecified atom stereocenters. The second-order valence-electron chi connectivity index (χ2n) is 9.39. The standard InChI is InChI=1S/C22H21F2N7O3/c1-25-15-7-14(27-12-3-2-6-30(20(12)33)22-11-9-34-17(22)16(11)22)29-18-10(8-26-31(15)18)19(32)28-13-4-5-21(13,23)24/h2-3,6-8,11,13,16-17,25H,4-5,9H2,1H3,(H,27,29)(H,28,32)/t11-,13?,16-,17?,22?/m1/s1. The second kappa shape index (κ2) is 6.32. The van der Waals surface area contributed by atoms with Gasteiger partial charge in [0.1, 0.15) is 22.9 Å². The predicted octanol–water partition coefficient (Wildman–Crippen LogP) is 1.56. The summed E-state index contributed by atoms with van der Waals surface area (Å²) in [5, 5.41) is 12.6. The number of hydrogen-bond donors (Lipinski definition) is 3. The van der Waals surface area contributed by atoms with E-state index in [0.717, 1.165) is 0 Å². The molecule has 0 radical (unpaired) electrons. The Balaban J connectivity index is 1.22. The number of halogens is 2. The molecule has 3 aromatic heterocycles. The van der Waals surface area contributed by atoms with E-state index in [1.807, 2.05) is 0 Å². The van der Waals surface area contributed by atoms with E-state index in [-0.39, 0.29) is 41.3 Å². The minimum absolute atomic E-state index is 0.0692. The van der Waals surface area contributed by atoms with Crippen LogP contribution in [0.3, 0.4) is 0 Å². The fourth-order valence-corrected chi connectivity index (χ4v) is 5.66. The van der Waals surface area contributed by atoms with Crippen molar-refractivity contribution in [2.24, 2.45) is 11.8 Å². The fraction of sp³-hybridized carbons (Fsp3) is 0.455. The van der Waals surface area contributed by atoms with Gasteiger partial charge in [-0.3, -0.25) is 9.59 Å². The molecule has 0 aromatic carbocycles. The molecular formula is C22H21F2N7O3. The third kappa shape index (κ3) is 2.41. The highest BCUT2D eigenvalue weighted by atomic mass is 19.3. The Morgan fingerprint density at radius 2 is 2.21 bits per heavy atom. The quantitative estimate of drug-likeness (QED) is 0.502. The van der Waals surface area contributed by atoms with E-state index in [1.165, 1.54) is 10.7 Å². The monoisotopic (exact) mass is 469 g/mol. The zero-order chi connectivity index (χ0) is 23.4. The topological polar surface area (TPSA) is 115 Å². The number of alkyl halides is 2. The van der Waals surface area contributed by atoms with Crippen LogP contribution >= 0.6 is 0 Å². The van der Waals surface area contributed by atoms with Crippen LogP contribution in [-0.4, -0.2) is 56.8 Å². The van der Waals surface area contributed by atoms with Crippen molar-refractivity contribution in [2.45, 2.75) is 36.4 Å². The lowest BCUT2D eigenvalue weighted by Gasteiger charge is -2.36. The molecule has 5 heterocycles. The summed E-state index contributed by atoms with van der Waals surface area (Å²) in [6, 6.07) is 3.93. The van der Waals surface area contributed by atoms with Gasteiger partial charge in [0.2, 0.25) is 0 Å². The normalized spacial score (nSPS) is 31.5. The first-order valence-corrected chi connectivity index (χ1v) is 11.2. The number of pyridine rings is 1. The molecule has 2 saturated heterocycles. The summed E-state index contributed by atoms with van der Waals surface area (Å²) in [6.45, 7) is 0.696. The van der Waals surface area contributed by atoms with Crippen molar-refractivity contribution in [3.63, 3.8) is 0 Å². The molecule has 2 bridgehead atoms. The van der Waals surface area contributed by atoms with E-state index in [0.29, 0.717) is 35.8 Å². The Bertz CT molecular complexity index is 1410. The molecule has 5 fully saturated rings. The van der Waals surface area contributed by atoms with Crippen molar-refractivity contribution in [1.29, 1.82) is 0 Å². The summed E-state index contributed by atoms with van der Waals surface area (Å²) in [6.07, 6.45) is 3.19. The number of amides is 1. The summed E-state index contributed by atoms with van der Waals surface area (Å²) in [7, 11) is 1.68. The Kier molecular flexibility index (Phi) is 3.69. The minimum Gasteiger partial charge on any atom is -0.375 e. The molecule has 176 valence electrons. The van der Waals surface area contributed by atoms with Crippen LogP contribution in [0.5, 0.6) is 0 Å². The molecule has 34 heavy (non-hydrogen) atoms. The summed E-state index contributed by atoms with van der Waals surface area (Å²) >= 11 is 0. The predicted molar refractivity (Wildman–Crippen MR) is 117 cm³/mol. The van der Waals surface area contributed by atoms with Crippen molar-refractivity contribution >= 4 is 28.9 Å². The SMILES string of the molecule is CNc1cc(Nc2cccn(C34C5OC[C@@H]3[C@H]54)c2=O)nc2c(C(=O)NC3CCC3(F)F)cnn12. The van der Waals surface area contributed by atoms with E-state index < -0.39 is 17.9 Å². The maximum absolute atomic E-state index is 13.6. The lowest BCUT2D eigenvalue weighted by atomic mass is 9.88. The Labute approximate surface area is 191 Å². The van der Waals surface area contributed by atoms with Crippen LogP contribution < -0.4 is 21.5 Å². The molecule has 8 rings (SSSR count). The van der Waals surface area contributed by atoms with Gasteiger partial charge >= 0.3 is 0 Å². The van der Waals surface area contributed by atoms with Crippen LogP contribution in [0, 0.1) is 11.8 Å². The summed E-state index contributed by atoms with van der Waals surface area (Å²) < 4.78 is 36.2. The second-order valence-corrected chi connectivity index (χ2v) is 9.39. The van der Waals surface area contributed by atoms with Crippen molar-refractivity contribution in [1.82, 2.24) is 24.5 Å². The summed E-state index contributed by atoms with van der Waals surface area (Å²) in [4.78, 5) is 30.4. The van der Waals surface area contributed by atoms with Gasteiger partial charge in [-0.05, 0) is 18.6 Å². The molecule has 3 aliphatic carbocycles. The average Bonchev–Trinajstić information content (AvgIpc) is 3.33. The Hall–Kier alpha value is -3.54. The zero-order valence-corrected chi connectivity index (χ0v) is 18.1. The first-order valence-electron chi connectivity index (χ1n) is 11.2. The van der Waals surface area contributed by atoms with Gasteiger partial charge in [0, 0.05) is 37.6 Å². The summed E-state index contributed by atoms with van der Waals surface area (Å²) in [5.41, 5.74) is 0.226. The van der Waals surface area contributed by atoms with Crippen LogP contribution in [0.15, 0.2) is 35.4 Å². The van der Waals surface area contributed by atoms with Crippen LogP contribution in [0.4, 0.5) is 26.1 Å². The molecule has 10 nitrogen and oxygen atoms in total. The number of carbonyl (C=O) groups excluding carboxylic acids is 1. The maximum atomic E-state index is 13.6. The number of aromatic nitrogens is 4. The lowest BCUT2D eigenvalue weighted by molar-refractivity contribution is -0.102. The number of hydrogen-bond acceptors (Lipinski definition) is 7. The molecule has 5 aliphatic rings. The van der Waals surface area contributed by atoms with E-state index in [1.54, 1.807) is 36.0 Å². The number of nitrogens with one attached hydrogen (secondary N) is 3. The number of rotatable bonds is 6. The molecule has 3 aromatic rings. The van der Waals surface area contributed by atoms with Crippen LogP contribution in [-0.2, 0) is 10.3 Å². The number of anilines is 3.